The zero-order valence-corrected chi connectivity index (χ0v) is 9.94. The Morgan fingerprint density at radius 3 is 2.87 bits per heavy atom. The van der Waals surface area contributed by atoms with Crippen molar-refractivity contribution in [1.82, 2.24) is 4.98 Å². The van der Waals surface area contributed by atoms with Crippen molar-refractivity contribution in [2.24, 2.45) is 0 Å². The maximum Gasteiger partial charge on any atom is 0.351 e. The third-order valence-electron chi connectivity index (χ3n) is 1.51. The Morgan fingerprint density at radius 1 is 1.67 bits per heavy atom. The molecule has 4 nitrogen and oxygen atoms in total. The van der Waals surface area contributed by atoms with E-state index >= 15 is 0 Å². The van der Waals surface area contributed by atoms with Gasteiger partial charge in [-0.25, -0.2) is 9.78 Å². The lowest BCUT2D eigenvalue weighted by Crippen LogP contribution is -1.98. The molecule has 82 valence electrons. The summed E-state index contributed by atoms with van der Waals surface area (Å²) in [7, 11) is 1.29. The Hall–Kier alpha value is -1.07. The van der Waals surface area contributed by atoms with Crippen molar-refractivity contribution in [2.45, 2.75) is 6.92 Å². The Balaban J connectivity index is 2.95. The summed E-state index contributed by atoms with van der Waals surface area (Å²) in [6.45, 7) is 5.99. The molecule has 0 aliphatic carbocycles. The molecule has 0 bridgehead atoms. The number of carbonyl (C=O) groups excluding carboxylic acids is 1. The number of ether oxygens (including phenoxy) is 2. The number of halogens is 1. The molecule has 0 spiro atoms. The van der Waals surface area contributed by atoms with E-state index in [1.807, 2.05) is 6.92 Å². The number of carbonyl (C=O) groups is 1. The number of methoxy groups -OCH3 is 1. The van der Waals surface area contributed by atoms with Crippen LogP contribution in [-0.4, -0.2) is 24.7 Å². The van der Waals surface area contributed by atoms with Crippen LogP contribution in [0, 0.1) is 0 Å². The summed E-state index contributed by atoms with van der Waals surface area (Å²) in [5, 5.41) is 0.602. The molecular formula is C9H10ClNO3S. The summed E-state index contributed by atoms with van der Waals surface area (Å²) in [4.78, 5) is 15.4. The molecule has 1 heterocycles. The van der Waals surface area contributed by atoms with Crippen LogP contribution in [0.4, 0.5) is 0 Å². The summed E-state index contributed by atoms with van der Waals surface area (Å²) < 4.78 is 9.70. The topological polar surface area (TPSA) is 48.4 Å². The fraction of sp³-hybridized carbons (Fsp3) is 0.333. The van der Waals surface area contributed by atoms with E-state index in [4.69, 9.17) is 16.3 Å². The van der Waals surface area contributed by atoms with Gasteiger partial charge in [0.05, 0.1) is 13.7 Å². The van der Waals surface area contributed by atoms with E-state index in [1.165, 1.54) is 7.11 Å². The molecule has 0 aliphatic rings. The Morgan fingerprint density at radius 2 is 2.33 bits per heavy atom. The first kappa shape index (κ1) is 12.0. The van der Waals surface area contributed by atoms with Gasteiger partial charge in [0.15, 0.2) is 15.0 Å². The summed E-state index contributed by atoms with van der Waals surface area (Å²) in [6.07, 6.45) is 0. The number of hydrogen-bond donors (Lipinski definition) is 0. The van der Waals surface area contributed by atoms with Gasteiger partial charge < -0.3 is 9.47 Å². The van der Waals surface area contributed by atoms with Crippen LogP contribution in [0.1, 0.15) is 21.6 Å². The highest BCUT2D eigenvalue weighted by Crippen LogP contribution is 2.28. The zero-order chi connectivity index (χ0) is 11.4. The third-order valence-corrected chi connectivity index (χ3v) is 2.98. The second-order valence-corrected chi connectivity index (χ2v) is 3.84. The zero-order valence-electron chi connectivity index (χ0n) is 8.37. The predicted molar refractivity (Wildman–Crippen MR) is 59.1 cm³/mol. The molecule has 1 aromatic heterocycles. The standard InChI is InChI=1S/C9H10ClNO3S/c1-4-14-5(2)8-11-7(10)6(15-8)9(12)13-3/h2,4H2,1,3H3. The molecule has 0 unspecified atom stereocenters. The molecule has 6 heteroatoms. The van der Waals surface area contributed by atoms with Gasteiger partial charge in [-0.05, 0) is 6.92 Å². The number of thiazole rings is 1. The van der Waals surface area contributed by atoms with Crippen LogP contribution < -0.4 is 0 Å². The highest BCUT2D eigenvalue weighted by Gasteiger charge is 2.18. The number of nitrogens with zero attached hydrogens (tertiary/aromatic N) is 1. The quantitative estimate of drug-likeness (QED) is 0.606. The van der Waals surface area contributed by atoms with Crippen molar-refractivity contribution in [3.63, 3.8) is 0 Å². The van der Waals surface area contributed by atoms with Gasteiger partial charge in [0.1, 0.15) is 5.76 Å². The first-order chi connectivity index (χ1) is 7.10. The van der Waals surface area contributed by atoms with E-state index < -0.39 is 5.97 Å². The van der Waals surface area contributed by atoms with Crippen LogP contribution in [0.25, 0.3) is 5.76 Å². The van der Waals surface area contributed by atoms with E-state index in [0.717, 1.165) is 11.3 Å². The molecule has 0 amide bonds. The maximum absolute atomic E-state index is 11.2. The van der Waals surface area contributed by atoms with E-state index in [1.54, 1.807) is 0 Å². The summed E-state index contributed by atoms with van der Waals surface area (Å²) in [5.41, 5.74) is 0. The lowest BCUT2D eigenvalue weighted by molar-refractivity contribution is 0.0606. The molecule has 15 heavy (non-hydrogen) atoms. The lowest BCUT2D eigenvalue weighted by Gasteiger charge is -2.01. The van der Waals surface area contributed by atoms with Crippen molar-refractivity contribution in [1.29, 1.82) is 0 Å². The van der Waals surface area contributed by atoms with E-state index in [2.05, 4.69) is 16.3 Å². The minimum absolute atomic E-state index is 0.114. The molecule has 0 aromatic carbocycles. The summed E-state index contributed by atoms with van der Waals surface area (Å²) in [6, 6.07) is 0. The number of esters is 1. The monoisotopic (exact) mass is 247 g/mol. The lowest BCUT2D eigenvalue weighted by atomic mass is 10.5. The van der Waals surface area contributed by atoms with Crippen molar-refractivity contribution in [2.75, 3.05) is 13.7 Å². The predicted octanol–water partition coefficient (Wildman–Crippen LogP) is 2.59. The van der Waals surface area contributed by atoms with Crippen LogP contribution in [0.5, 0.6) is 0 Å². The minimum atomic E-state index is -0.506. The Bertz CT molecular complexity index is 389. The van der Waals surface area contributed by atoms with Crippen molar-refractivity contribution < 1.29 is 14.3 Å². The fourth-order valence-electron chi connectivity index (χ4n) is 0.875. The first-order valence-electron chi connectivity index (χ1n) is 4.16. The molecule has 0 saturated carbocycles. The first-order valence-corrected chi connectivity index (χ1v) is 5.36. The number of hydrogen-bond acceptors (Lipinski definition) is 5. The minimum Gasteiger partial charge on any atom is -0.491 e. The molecule has 0 atom stereocenters. The van der Waals surface area contributed by atoms with Gasteiger partial charge in [-0.1, -0.05) is 18.2 Å². The van der Waals surface area contributed by atoms with Gasteiger partial charge in [0.2, 0.25) is 0 Å². The molecule has 0 N–H and O–H groups in total. The second kappa shape index (κ2) is 5.14. The average molecular weight is 248 g/mol. The molecule has 1 rings (SSSR count). The van der Waals surface area contributed by atoms with Gasteiger partial charge >= 0.3 is 5.97 Å². The van der Waals surface area contributed by atoms with Crippen LogP contribution in [-0.2, 0) is 9.47 Å². The number of rotatable bonds is 4. The molecule has 1 aromatic rings. The summed E-state index contributed by atoms with van der Waals surface area (Å²) >= 11 is 6.86. The van der Waals surface area contributed by atoms with Gasteiger partial charge in [-0.3, -0.25) is 0 Å². The molecule has 0 saturated heterocycles. The second-order valence-electron chi connectivity index (χ2n) is 2.49. The molecule has 0 fully saturated rings. The van der Waals surface area contributed by atoms with E-state index in [0.29, 0.717) is 17.4 Å². The van der Waals surface area contributed by atoms with E-state index in [-0.39, 0.29) is 10.0 Å². The van der Waals surface area contributed by atoms with Crippen molar-refractivity contribution in [3.05, 3.63) is 21.6 Å². The molecule has 0 aliphatic heterocycles. The van der Waals surface area contributed by atoms with Gasteiger partial charge in [-0.2, -0.15) is 0 Å². The summed E-state index contributed by atoms with van der Waals surface area (Å²) in [5.74, 6) is -0.104. The van der Waals surface area contributed by atoms with Gasteiger partial charge in [-0.15, -0.1) is 11.3 Å². The SMILES string of the molecule is C=C(OCC)c1nc(Cl)c(C(=O)OC)s1. The van der Waals surface area contributed by atoms with Crippen LogP contribution in [0.3, 0.4) is 0 Å². The van der Waals surface area contributed by atoms with Gasteiger partial charge in [0.25, 0.3) is 0 Å². The van der Waals surface area contributed by atoms with Gasteiger partial charge in [0, 0.05) is 0 Å². The average Bonchev–Trinajstić information content (AvgIpc) is 2.60. The molecule has 0 radical (unpaired) electrons. The third kappa shape index (κ3) is 2.70. The van der Waals surface area contributed by atoms with Crippen molar-refractivity contribution >= 4 is 34.7 Å². The normalized spacial score (nSPS) is 9.80. The molecular weight excluding hydrogens is 238 g/mol. The Labute approximate surface area is 96.5 Å². The van der Waals surface area contributed by atoms with Crippen LogP contribution in [0.2, 0.25) is 5.15 Å². The smallest absolute Gasteiger partial charge is 0.351 e. The Kier molecular flexibility index (Phi) is 4.11. The highest BCUT2D eigenvalue weighted by molar-refractivity contribution is 7.15. The van der Waals surface area contributed by atoms with E-state index in [9.17, 15) is 4.79 Å². The van der Waals surface area contributed by atoms with Crippen molar-refractivity contribution in [3.8, 4) is 0 Å². The van der Waals surface area contributed by atoms with Crippen LogP contribution >= 0.6 is 22.9 Å². The maximum atomic E-state index is 11.2. The van der Waals surface area contributed by atoms with Crippen LogP contribution in [0.15, 0.2) is 6.58 Å². The number of aromatic nitrogens is 1. The fourth-order valence-corrected chi connectivity index (χ4v) is 2.00. The largest absolute Gasteiger partial charge is 0.491 e. The highest BCUT2D eigenvalue weighted by atomic mass is 35.5.